The van der Waals surface area contributed by atoms with Crippen molar-refractivity contribution in [3.63, 3.8) is 0 Å². The van der Waals surface area contributed by atoms with Gasteiger partial charge in [-0.15, -0.1) is 0 Å². The zero-order chi connectivity index (χ0) is 19.5. The van der Waals surface area contributed by atoms with Crippen molar-refractivity contribution < 1.29 is 9.53 Å². The minimum absolute atomic E-state index is 0.0388. The Morgan fingerprint density at radius 2 is 1.89 bits per heavy atom. The maximum Gasteiger partial charge on any atom is 0.263 e. The number of carbonyl (C=O) groups is 1. The van der Waals surface area contributed by atoms with Gasteiger partial charge in [-0.05, 0) is 35.7 Å². The molecule has 0 fully saturated rings. The second-order valence-corrected chi connectivity index (χ2v) is 8.06. The zero-order valence-electron chi connectivity index (χ0n) is 16.0. The molecule has 2 aromatic carbocycles. The Balaban J connectivity index is 1.47. The van der Waals surface area contributed by atoms with E-state index in [9.17, 15) is 4.79 Å². The summed E-state index contributed by atoms with van der Waals surface area (Å²) in [6.45, 7) is 4.26. The maximum absolute atomic E-state index is 12.6. The molecule has 0 atom stereocenters. The number of ether oxygens (including phenoxy) is 1. The number of nitrogens with one attached hydrogen (secondary N) is 1. The fraction of sp³-hybridized carbons (Fsp3) is 0.273. The second kappa shape index (κ2) is 8.10. The van der Waals surface area contributed by atoms with Gasteiger partial charge in [-0.25, -0.2) is 4.68 Å². The van der Waals surface area contributed by atoms with Crippen LogP contribution in [0.25, 0.3) is 5.69 Å². The molecule has 5 nitrogen and oxygen atoms in total. The highest BCUT2D eigenvalue weighted by Crippen LogP contribution is 2.36. The Morgan fingerprint density at radius 1 is 1.14 bits per heavy atom. The van der Waals surface area contributed by atoms with Crippen LogP contribution in [0.15, 0.2) is 54.6 Å². The standard InChI is InChI=1S/C22H23N3O2S/c1-15(2)16-8-10-18(11-9-16)27-12-21(26)23-22-19-13-28-14-20(19)24-25(22)17-6-4-3-5-7-17/h3-11,15H,12-14H2,1-2H3,(H,23,26). The molecule has 0 bridgehead atoms. The number of rotatable bonds is 6. The van der Waals surface area contributed by atoms with Gasteiger partial charge in [0, 0.05) is 17.1 Å². The molecular formula is C22H23N3O2S. The number of benzene rings is 2. The molecule has 1 aliphatic rings. The van der Waals surface area contributed by atoms with Gasteiger partial charge in [0.05, 0.1) is 11.4 Å². The molecular weight excluding hydrogens is 370 g/mol. The Bertz CT molecular complexity index is 965. The van der Waals surface area contributed by atoms with Crippen LogP contribution in [-0.4, -0.2) is 22.3 Å². The quantitative estimate of drug-likeness (QED) is 0.656. The summed E-state index contributed by atoms with van der Waals surface area (Å²) in [5.74, 6) is 3.44. The lowest BCUT2D eigenvalue weighted by Crippen LogP contribution is -2.22. The van der Waals surface area contributed by atoms with Gasteiger partial charge < -0.3 is 10.1 Å². The van der Waals surface area contributed by atoms with Crippen LogP contribution in [0.5, 0.6) is 5.75 Å². The molecule has 4 rings (SSSR count). The molecule has 1 N–H and O–H groups in total. The largest absolute Gasteiger partial charge is 0.484 e. The van der Waals surface area contributed by atoms with Crippen LogP contribution in [-0.2, 0) is 16.3 Å². The number of amides is 1. The first kappa shape index (κ1) is 18.6. The summed E-state index contributed by atoms with van der Waals surface area (Å²) in [6, 6.07) is 17.7. The highest BCUT2D eigenvalue weighted by molar-refractivity contribution is 7.98. The van der Waals surface area contributed by atoms with Gasteiger partial charge in [0.15, 0.2) is 6.61 Å². The van der Waals surface area contributed by atoms with Crippen LogP contribution in [0.3, 0.4) is 0 Å². The molecule has 0 saturated heterocycles. The van der Waals surface area contributed by atoms with E-state index in [4.69, 9.17) is 9.84 Å². The first-order chi connectivity index (χ1) is 13.6. The van der Waals surface area contributed by atoms with Crippen LogP contribution in [0.2, 0.25) is 0 Å². The van der Waals surface area contributed by atoms with Crippen molar-refractivity contribution in [2.24, 2.45) is 0 Å². The fourth-order valence-electron chi connectivity index (χ4n) is 3.16. The summed E-state index contributed by atoms with van der Waals surface area (Å²) in [5.41, 5.74) is 4.32. The van der Waals surface area contributed by atoms with E-state index in [1.165, 1.54) is 5.56 Å². The minimum atomic E-state index is -0.190. The Hall–Kier alpha value is -2.73. The minimum Gasteiger partial charge on any atom is -0.484 e. The number of anilines is 1. The third-order valence-corrected chi connectivity index (χ3v) is 5.70. The lowest BCUT2D eigenvalue weighted by atomic mass is 10.0. The summed E-state index contributed by atoms with van der Waals surface area (Å²) >= 11 is 1.81. The van der Waals surface area contributed by atoms with Crippen LogP contribution in [0, 0.1) is 0 Å². The van der Waals surface area contributed by atoms with Crippen LogP contribution in [0.4, 0.5) is 5.82 Å². The molecule has 0 saturated carbocycles. The van der Waals surface area contributed by atoms with Crippen molar-refractivity contribution in [3.05, 3.63) is 71.4 Å². The lowest BCUT2D eigenvalue weighted by Gasteiger charge is -2.12. The van der Waals surface area contributed by atoms with Crippen molar-refractivity contribution in [2.45, 2.75) is 31.3 Å². The first-order valence-corrected chi connectivity index (χ1v) is 10.5. The van der Waals surface area contributed by atoms with Crippen molar-refractivity contribution in [1.29, 1.82) is 0 Å². The predicted octanol–water partition coefficient (Wildman–Crippen LogP) is 4.76. The van der Waals surface area contributed by atoms with Crippen molar-refractivity contribution in [2.75, 3.05) is 11.9 Å². The molecule has 2 heterocycles. The van der Waals surface area contributed by atoms with E-state index in [1.54, 1.807) is 0 Å². The SMILES string of the molecule is CC(C)c1ccc(OCC(=O)Nc2c3c(nn2-c2ccccc2)CSC3)cc1. The van der Waals surface area contributed by atoms with Gasteiger partial charge in [-0.1, -0.05) is 44.2 Å². The average molecular weight is 394 g/mol. The topological polar surface area (TPSA) is 56.1 Å². The van der Waals surface area contributed by atoms with E-state index >= 15 is 0 Å². The van der Waals surface area contributed by atoms with E-state index in [2.05, 4.69) is 19.2 Å². The van der Waals surface area contributed by atoms with E-state index in [0.717, 1.165) is 34.3 Å². The monoisotopic (exact) mass is 393 g/mol. The fourth-order valence-corrected chi connectivity index (χ4v) is 4.20. The molecule has 1 amide bonds. The van der Waals surface area contributed by atoms with Gasteiger partial charge in [0.2, 0.25) is 0 Å². The maximum atomic E-state index is 12.6. The van der Waals surface area contributed by atoms with E-state index in [1.807, 2.05) is 71.0 Å². The van der Waals surface area contributed by atoms with E-state index in [-0.39, 0.29) is 12.5 Å². The number of aromatic nitrogens is 2. The van der Waals surface area contributed by atoms with Gasteiger partial charge in [-0.2, -0.15) is 16.9 Å². The molecule has 0 spiro atoms. The molecule has 0 radical (unpaired) electrons. The zero-order valence-corrected chi connectivity index (χ0v) is 16.8. The third kappa shape index (κ3) is 3.92. The summed E-state index contributed by atoms with van der Waals surface area (Å²) < 4.78 is 7.49. The van der Waals surface area contributed by atoms with Crippen LogP contribution in [0.1, 0.15) is 36.6 Å². The molecule has 1 aromatic heterocycles. The molecule has 3 aromatic rings. The summed E-state index contributed by atoms with van der Waals surface area (Å²) in [4.78, 5) is 12.6. The van der Waals surface area contributed by atoms with Gasteiger partial charge >= 0.3 is 0 Å². The van der Waals surface area contributed by atoms with Gasteiger partial charge in [0.1, 0.15) is 11.6 Å². The number of para-hydroxylation sites is 1. The predicted molar refractivity (Wildman–Crippen MR) is 113 cm³/mol. The normalized spacial score (nSPS) is 12.8. The summed E-state index contributed by atoms with van der Waals surface area (Å²) in [6.07, 6.45) is 0. The summed E-state index contributed by atoms with van der Waals surface area (Å²) in [7, 11) is 0. The van der Waals surface area contributed by atoms with Gasteiger partial charge in [-0.3, -0.25) is 4.79 Å². The highest BCUT2D eigenvalue weighted by Gasteiger charge is 2.24. The van der Waals surface area contributed by atoms with Crippen LogP contribution < -0.4 is 10.1 Å². The van der Waals surface area contributed by atoms with E-state index in [0.29, 0.717) is 11.7 Å². The molecule has 144 valence electrons. The van der Waals surface area contributed by atoms with Crippen LogP contribution >= 0.6 is 11.8 Å². The van der Waals surface area contributed by atoms with Crippen molar-refractivity contribution in [3.8, 4) is 11.4 Å². The molecule has 28 heavy (non-hydrogen) atoms. The number of nitrogens with zero attached hydrogens (tertiary/aromatic N) is 2. The molecule has 0 unspecified atom stereocenters. The highest BCUT2D eigenvalue weighted by atomic mass is 32.2. The molecule has 0 aliphatic carbocycles. The Kier molecular flexibility index (Phi) is 5.39. The lowest BCUT2D eigenvalue weighted by molar-refractivity contribution is -0.118. The van der Waals surface area contributed by atoms with Crippen molar-refractivity contribution in [1.82, 2.24) is 9.78 Å². The third-order valence-electron chi connectivity index (χ3n) is 4.73. The molecule has 1 aliphatic heterocycles. The van der Waals surface area contributed by atoms with Crippen molar-refractivity contribution >= 4 is 23.5 Å². The first-order valence-electron chi connectivity index (χ1n) is 9.38. The number of thioether (sulfide) groups is 1. The smallest absolute Gasteiger partial charge is 0.263 e. The molecule has 6 heteroatoms. The number of hydrogen-bond acceptors (Lipinski definition) is 4. The number of fused-ring (bicyclic) bond motifs is 1. The van der Waals surface area contributed by atoms with Gasteiger partial charge in [0.25, 0.3) is 5.91 Å². The second-order valence-electron chi connectivity index (χ2n) is 7.07. The Labute approximate surface area is 169 Å². The van der Waals surface area contributed by atoms with E-state index < -0.39 is 0 Å². The number of carbonyl (C=O) groups excluding carboxylic acids is 1. The number of hydrogen-bond donors (Lipinski definition) is 1. The Morgan fingerprint density at radius 3 is 2.61 bits per heavy atom. The summed E-state index contributed by atoms with van der Waals surface area (Å²) in [5, 5.41) is 7.71. The average Bonchev–Trinajstić information content (AvgIpc) is 3.30.